The van der Waals surface area contributed by atoms with Crippen LogP contribution in [0.25, 0.3) is 0 Å². The number of esters is 1. The second-order valence-electron chi connectivity index (χ2n) is 4.38. The van der Waals surface area contributed by atoms with E-state index in [-0.39, 0.29) is 12.1 Å². The lowest BCUT2D eigenvalue weighted by atomic mass is 10.2. The van der Waals surface area contributed by atoms with Crippen LogP contribution in [0.2, 0.25) is 0 Å². The maximum atomic E-state index is 12.0. The second-order valence-corrected chi connectivity index (χ2v) is 5.71. The van der Waals surface area contributed by atoms with E-state index in [1.54, 1.807) is 11.5 Å². The van der Waals surface area contributed by atoms with Gasteiger partial charge in [0.15, 0.2) is 0 Å². The van der Waals surface area contributed by atoms with E-state index in [0.29, 0.717) is 0 Å². The van der Waals surface area contributed by atoms with Crippen molar-refractivity contribution < 1.29 is 13.7 Å². The molecule has 0 spiro atoms. The third-order valence-corrected chi connectivity index (χ3v) is 3.70. The highest BCUT2D eigenvalue weighted by Gasteiger charge is 2.07. The lowest BCUT2D eigenvalue weighted by Gasteiger charge is -2.11. The Morgan fingerprint density at radius 3 is 2.53 bits per heavy atom. The van der Waals surface area contributed by atoms with E-state index < -0.39 is 10.8 Å². The highest BCUT2D eigenvalue weighted by atomic mass is 32.2. The zero-order valence-corrected chi connectivity index (χ0v) is 12.4. The van der Waals surface area contributed by atoms with Crippen molar-refractivity contribution in [2.45, 2.75) is 44.6 Å². The molecule has 3 nitrogen and oxygen atoms in total. The molecule has 1 aromatic carbocycles. The van der Waals surface area contributed by atoms with Gasteiger partial charge in [-0.3, -0.25) is 4.79 Å². The quantitative estimate of drug-likeness (QED) is 0.751. The number of hydrogen-bond donors (Lipinski definition) is 0. The Morgan fingerprint density at radius 2 is 2.00 bits per heavy atom. The number of rotatable bonds is 6. The summed E-state index contributed by atoms with van der Waals surface area (Å²) in [5, 5.41) is 1.59. The lowest BCUT2D eigenvalue weighted by Crippen LogP contribution is -2.13. The molecule has 0 saturated heterocycles. The summed E-state index contributed by atoms with van der Waals surface area (Å²) in [7, 11) is -1.20. The predicted molar refractivity (Wildman–Crippen MR) is 77.2 cm³/mol. The van der Waals surface area contributed by atoms with Crippen molar-refractivity contribution in [3.05, 3.63) is 41.3 Å². The first-order valence-electron chi connectivity index (χ1n) is 6.35. The number of aryl methyl sites for hydroxylation is 1. The zero-order chi connectivity index (χ0) is 14.3. The van der Waals surface area contributed by atoms with Crippen LogP contribution in [0.15, 0.2) is 40.6 Å². The number of carbonyl (C=O) groups is 1. The Bertz CT molecular complexity index is 463. The topological polar surface area (TPSA) is 43.4 Å². The predicted octanol–water partition coefficient (Wildman–Crippen LogP) is 3.35. The van der Waals surface area contributed by atoms with E-state index in [0.717, 1.165) is 23.3 Å². The zero-order valence-electron chi connectivity index (χ0n) is 11.6. The molecular weight excluding hydrogens is 260 g/mol. The number of hydrogen-bond acceptors (Lipinski definition) is 3. The summed E-state index contributed by atoms with van der Waals surface area (Å²) >= 11 is 0. The van der Waals surface area contributed by atoms with Gasteiger partial charge in [-0.05, 0) is 31.6 Å². The summed E-state index contributed by atoms with van der Waals surface area (Å²) in [5.41, 5.74) is 1.13. The molecule has 0 aliphatic rings. The molecule has 2 atom stereocenters. The van der Waals surface area contributed by atoms with Crippen LogP contribution in [0.3, 0.4) is 0 Å². The van der Waals surface area contributed by atoms with Gasteiger partial charge in [-0.25, -0.2) is 4.21 Å². The molecule has 0 radical (unpaired) electrons. The van der Waals surface area contributed by atoms with Gasteiger partial charge in [0.05, 0.1) is 10.8 Å². The molecule has 0 aromatic heterocycles. The largest absolute Gasteiger partial charge is 0.458 e. The van der Waals surface area contributed by atoms with Crippen LogP contribution in [0.4, 0.5) is 0 Å². The number of carbonyl (C=O) groups excluding carboxylic acids is 1. The van der Waals surface area contributed by atoms with Gasteiger partial charge in [-0.15, -0.1) is 0 Å². The van der Waals surface area contributed by atoms with Gasteiger partial charge in [0, 0.05) is 17.2 Å². The molecule has 4 heteroatoms. The Labute approximate surface area is 117 Å². The smallest absolute Gasteiger partial charge is 0.303 e. The van der Waals surface area contributed by atoms with Crippen LogP contribution in [0, 0.1) is 6.92 Å². The molecular formula is C15H20O3S. The third-order valence-electron chi connectivity index (χ3n) is 2.56. The Balaban J connectivity index is 2.69. The first-order chi connectivity index (χ1) is 9.02. The van der Waals surface area contributed by atoms with Crippen molar-refractivity contribution in [2.24, 2.45) is 0 Å². The minimum absolute atomic E-state index is 0.295. The van der Waals surface area contributed by atoms with E-state index in [1.165, 1.54) is 6.92 Å². The molecule has 0 fully saturated rings. The van der Waals surface area contributed by atoms with E-state index in [4.69, 9.17) is 4.74 Å². The summed E-state index contributed by atoms with van der Waals surface area (Å²) < 4.78 is 17.2. The third kappa shape index (κ3) is 5.83. The first kappa shape index (κ1) is 15.6. The standard InChI is InChI=1S/C15H20O3S/c1-4-5-14(18-13(3)16)10-11-19(17)15-8-6-12(2)7-9-15/h6-11,14H,4-5H2,1-3H3/b11-10+/t14-,19?/m0/s1. The van der Waals surface area contributed by atoms with Gasteiger partial charge in [0.25, 0.3) is 0 Å². The SMILES string of the molecule is CCC[C@@H](/C=C/S(=O)c1ccc(C)cc1)OC(C)=O. The van der Waals surface area contributed by atoms with Gasteiger partial charge in [0.2, 0.25) is 0 Å². The van der Waals surface area contributed by atoms with Gasteiger partial charge in [-0.2, -0.15) is 0 Å². The maximum Gasteiger partial charge on any atom is 0.303 e. The molecule has 1 rings (SSSR count). The Hall–Kier alpha value is -1.42. The van der Waals surface area contributed by atoms with Crippen molar-refractivity contribution in [1.82, 2.24) is 0 Å². The molecule has 0 amide bonds. The normalized spacial score (nSPS) is 14.3. The summed E-state index contributed by atoms with van der Waals surface area (Å²) in [4.78, 5) is 11.7. The minimum Gasteiger partial charge on any atom is -0.458 e. The fourth-order valence-corrected chi connectivity index (χ4v) is 2.48. The number of ether oxygens (including phenoxy) is 1. The summed E-state index contributed by atoms with van der Waals surface area (Å²) in [6, 6.07) is 7.54. The molecule has 104 valence electrons. The molecule has 19 heavy (non-hydrogen) atoms. The summed E-state index contributed by atoms with van der Waals surface area (Å²) in [6.45, 7) is 5.38. The highest BCUT2D eigenvalue weighted by molar-refractivity contribution is 7.88. The number of benzene rings is 1. The summed E-state index contributed by atoms with van der Waals surface area (Å²) in [5.74, 6) is -0.316. The Kier molecular flexibility index (Phi) is 6.50. The van der Waals surface area contributed by atoms with Crippen molar-refractivity contribution in [1.29, 1.82) is 0 Å². The molecule has 0 saturated carbocycles. The maximum absolute atomic E-state index is 12.0. The average Bonchev–Trinajstić information content (AvgIpc) is 2.36. The van der Waals surface area contributed by atoms with Crippen LogP contribution in [-0.2, 0) is 20.3 Å². The second kappa shape index (κ2) is 7.89. The van der Waals surface area contributed by atoms with E-state index in [2.05, 4.69) is 0 Å². The molecule has 0 N–H and O–H groups in total. The van der Waals surface area contributed by atoms with E-state index in [1.807, 2.05) is 38.1 Å². The van der Waals surface area contributed by atoms with Crippen LogP contribution in [0.5, 0.6) is 0 Å². The van der Waals surface area contributed by atoms with Gasteiger partial charge >= 0.3 is 5.97 Å². The van der Waals surface area contributed by atoms with Crippen LogP contribution < -0.4 is 0 Å². The van der Waals surface area contributed by atoms with Crippen LogP contribution in [0.1, 0.15) is 32.3 Å². The molecule has 0 heterocycles. The molecule has 1 unspecified atom stereocenters. The fraction of sp³-hybridized carbons (Fsp3) is 0.400. The molecule has 1 aromatic rings. The summed E-state index contributed by atoms with van der Waals surface area (Å²) in [6.07, 6.45) is 3.05. The van der Waals surface area contributed by atoms with E-state index in [9.17, 15) is 9.00 Å². The lowest BCUT2D eigenvalue weighted by molar-refractivity contribution is -0.144. The first-order valence-corrected chi connectivity index (χ1v) is 7.57. The monoisotopic (exact) mass is 280 g/mol. The minimum atomic E-state index is -1.20. The van der Waals surface area contributed by atoms with Gasteiger partial charge in [-0.1, -0.05) is 31.0 Å². The van der Waals surface area contributed by atoms with Crippen LogP contribution >= 0.6 is 0 Å². The average molecular weight is 280 g/mol. The highest BCUT2D eigenvalue weighted by Crippen LogP contribution is 2.11. The van der Waals surface area contributed by atoms with Crippen LogP contribution in [-0.4, -0.2) is 16.3 Å². The van der Waals surface area contributed by atoms with Crippen molar-refractivity contribution in [3.8, 4) is 0 Å². The van der Waals surface area contributed by atoms with Gasteiger partial charge < -0.3 is 4.74 Å². The molecule has 0 aliphatic heterocycles. The van der Waals surface area contributed by atoms with Crippen molar-refractivity contribution in [2.75, 3.05) is 0 Å². The fourth-order valence-electron chi connectivity index (χ4n) is 1.60. The van der Waals surface area contributed by atoms with E-state index >= 15 is 0 Å². The van der Waals surface area contributed by atoms with Crippen molar-refractivity contribution in [3.63, 3.8) is 0 Å². The van der Waals surface area contributed by atoms with Crippen molar-refractivity contribution >= 4 is 16.8 Å². The molecule has 0 aliphatic carbocycles. The molecule has 0 bridgehead atoms. The Morgan fingerprint density at radius 1 is 1.37 bits per heavy atom. The van der Waals surface area contributed by atoms with Gasteiger partial charge in [0.1, 0.15) is 6.10 Å².